The summed E-state index contributed by atoms with van der Waals surface area (Å²) < 4.78 is 42.0. The highest BCUT2D eigenvalue weighted by Crippen LogP contribution is 2.54. The molecule has 4 aliphatic rings. The zero-order chi connectivity index (χ0) is 45.5. The number of nitro benzene ring substituents is 1. The molecule has 4 heterocycles. The normalized spacial score (nSPS) is 22.6. The van der Waals surface area contributed by atoms with Crippen LogP contribution >= 0.6 is 0 Å². The first kappa shape index (κ1) is 44.7. The first-order valence-corrected chi connectivity index (χ1v) is 24.7. The maximum Gasteiger partial charge on any atom is 0.293 e. The maximum atomic E-state index is 14.0. The van der Waals surface area contributed by atoms with Crippen LogP contribution in [-0.2, 0) is 14.8 Å². The number of carbonyl (C=O) groups is 1. The number of sulfonamides is 1. The van der Waals surface area contributed by atoms with Gasteiger partial charge in [-0.15, -0.1) is 0 Å². The summed E-state index contributed by atoms with van der Waals surface area (Å²) in [5.41, 5.74) is 4.05. The minimum Gasteiger partial charge on any atom is -0.455 e. The molecule has 1 spiro atoms. The van der Waals surface area contributed by atoms with Crippen LogP contribution in [0.15, 0.2) is 90.1 Å². The van der Waals surface area contributed by atoms with Crippen molar-refractivity contribution in [2.24, 2.45) is 11.3 Å². The number of hydrogen-bond acceptors (Lipinski definition) is 11. The van der Waals surface area contributed by atoms with Crippen molar-refractivity contribution < 1.29 is 27.6 Å². The van der Waals surface area contributed by atoms with Gasteiger partial charge in [-0.2, -0.15) is 0 Å². The molecule has 14 nitrogen and oxygen atoms in total. The number of fused-ring (bicyclic) bond motifs is 1. The smallest absolute Gasteiger partial charge is 0.293 e. The van der Waals surface area contributed by atoms with E-state index < -0.39 is 37.0 Å². The number of ether oxygens (including phenoxy) is 2. The molecule has 1 atom stereocenters. The number of methoxy groups -OCH3 is 1. The van der Waals surface area contributed by atoms with E-state index >= 15 is 0 Å². The molecule has 2 aliphatic carbocycles. The molecule has 344 valence electrons. The van der Waals surface area contributed by atoms with E-state index in [2.05, 4.69) is 74.8 Å². The van der Waals surface area contributed by atoms with Crippen LogP contribution in [0.5, 0.6) is 11.5 Å². The minimum absolute atomic E-state index is 0.0135. The molecule has 2 saturated carbocycles. The number of carbonyl (C=O) groups excluding carboxylic acids is 1. The van der Waals surface area contributed by atoms with Crippen LogP contribution in [0.2, 0.25) is 0 Å². The summed E-state index contributed by atoms with van der Waals surface area (Å²) in [5, 5.41) is 16.2. The molecule has 2 aromatic heterocycles. The molecule has 3 N–H and O–H groups in total. The molecule has 2 aliphatic heterocycles. The van der Waals surface area contributed by atoms with E-state index in [1.54, 1.807) is 37.7 Å². The molecule has 15 heteroatoms. The van der Waals surface area contributed by atoms with Crippen LogP contribution in [0.3, 0.4) is 0 Å². The van der Waals surface area contributed by atoms with Crippen molar-refractivity contribution >= 4 is 44.0 Å². The van der Waals surface area contributed by atoms with Crippen LogP contribution in [0, 0.1) is 21.4 Å². The zero-order valence-electron chi connectivity index (χ0n) is 37.8. The molecule has 1 unspecified atom stereocenters. The average molecular weight is 904 g/mol. The number of aromatic nitrogens is 2. The highest BCUT2D eigenvalue weighted by atomic mass is 32.2. The van der Waals surface area contributed by atoms with Crippen molar-refractivity contribution in [3.05, 3.63) is 112 Å². The molecule has 0 radical (unpaired) electrons. The second kappa shape index (κ2) is 18.0. The Morgan fingerprint density at radius 3 is 2.49 bits per heavy atom. The van der Waals surface area contributed by atoms with Gasteiger partial charge in [0.1, 0.15) is 22.8 Å². The second-order valence-corrected chi connectivity index (χ2v) is 21.1. The lowest BCUT2D eigenvalue weighted by atomic mass is 9.59. The van der Waals surface area contributed by atoms with Gasteiger partial charge >= 0.3 is 0 Å². The highest BCUT2D eigenvalue weighted by molar-refractivity contribution is 7.90. The molecule has 3 aromatic carbocycles. The predicted molar refractivity (Wildman–Crippen MR) is 252 cm³/mol. The third kappa shape index (κ3) is 9.19. The van der Waals surface area contributed by atoms with E-state index in [4.69, 9.17) is 9.47 Å². The number of nitrogens with zero attached hydrogens (tertiary/aromatic N) is 4. The lowest BCUT2D eigenvalue weighted by Gasteiger charge is -2.56. The fourth-order valence-electron chi connectivity index (χ4n) is 11.0. The molecular formula is C50H61N7O7S. The number of benzene rings is 3. The maximum absolute atomic E-state index is 14.0. The van der Waals surface area contributed by atoms with Crippen molar-refractivity contribution in [3.63, 3.8) is 0 Å². The molecule has 1 amide bonds. The van der Waals surface area contributed by atoms with Gasteiger partial charge in [0.15, 0.2) is 0 Å². The number of H-pyrrole nitrogens is 1. The van der Waals surface area contributed by atoms with E-state index in [1.165, 1.54) is 48.9 Å². The Morgan fingerprint density at radius 2 is 1.75 bits per heavy atom. The molecule has 65 heavy (non-hydrogen) atoms. The van der Waals surface area contributed by atoms with Gasteiger partial charge in [-0.25, -0.2) is 18.1 Å². The summed E-state index contributed by atoms with van der Waals surface area (Å²) >= 11 is 0. The number of nitrogens with one attached hydrogen (secondary N) is 3. The topological polar surface area (TPSA) is 172 Å². The Morgan fingerprint density at radius 1 is 0.985 bits per heavy atom. The van der Waals surface area contributed by atoms with Crippen LogP contribution in [0.4, 0.5) is 17.1 Å². The summed E-state index contributed by atoms with van der Waals surface area (Å²) in [4.78, 5) is 37.9. The van der Waals surface area contributed by atoms with Crippen LogP contribution in [0.25, 0.3) is 11.0 Å². The lowest BCUT2D eigenvalue weighted by molar-refractivity contribution is -0.384. The van der Waals surface area contributed by atoms with Gasteiger partial charge < -0.3 is 24.7 Å². The van der Waals surface area contributed by atoms with Gasteiger partial charge in [0.05, 0.1) is 27.2 Å². The van der Waals surface area contributed by atoms with Gasteiger partial charge in [0, 0.05) is 68.2 Å². The molecule has 2 saturated heterocycles. The molecule has 9 rings (SSSR count). The van der Waals surface area contributed by atoms with Gasteiger partial charge in [-0.05, 0) is 136 Å². The average Bonchev–Trinajstić information content (AvgIpc) is 3.98. The van der Waals surface area contributed by atoms with Crippen LogP contribution in [-0.4, -0.2) is 79.0 Å². The first-order chi connectivity index (χ1) is 31.2. The Kier molecular flexibility index (Phi) is 12.4. The number of anilines is 2. The Labute approximate surface area is 381 Å². The van der Waals surface area contributed by atoms with Crippen molar-refractivity contribution in [2.75, 3.05) is 43.5 Å². The van der Waals surface area contributed by atoms with Crippen molar-refractivity contribution in [2.45, 2.75) is 113 Å². The number of aromatic amines is 1. The molecule has 5 aromatic rings. The van der Waals surface area contributed by atoms with Crippen LogP contribution < -0.4 is 19.7 Å². The molecule has 4 fully saturated rings. The van der Waals surface area contributed by atoms with Gasteiger partial charge in [-0.3, -0.25) is 19.8 Å². The second-order valence-electron chi connectivity index (χ2n) is 19.4. The Bertz CT molecular complexity index is 2660. The Hall–Kier alpha value is -5.51. The van der Waals surface area contributed by atoms with E-state index in [1.807, 2.05) is 12.1 Å². The molecule has 0 bridgehead atoms. The minimum atomic E-state index is -4.57. The number of piperidine rings is 1. The Balaban J connectivity index is 0.903. The van der Waals surface area contributed by atoms with E-state index in [0.29, 0.717) is 47.3 Å². The predicted octanol–water partition coefficient (Wildman–Crippen LogP) is 10.1. The summed E-state index contributed by atoms with van der Waals surface area (Å²) in [7, 11) is -2.92. The van der Waals surface area contributed by atoms with Gasteiger partial charge in [-0.1, -0.05) is 45.0 Å². The SMILES string of the molecule is COC1(CNc2ccc(S(=O)(=O)NC(=O)c3ccc(N4CCC5(CC4)CC(N4CCCC4c4ccccc4C(C)C)C5)cc3Oc3cnc4[nH]ccc4c3)cc2[N+](=O)[O-])CCC(C)CC1. The fraction of sp³-hybridized carbons (Fsp3) is 0.480. The standard InChI is InChI=1S/C50H61N7O7S/c1-33(2)40-8-5-6-9-41(40)44-10-7-23-56(44)37-29-49(30-37)20-24-55(25-21-49)36-11-13-42(46(27-36)64-38-26-35-17-22-51-47(35)52-31-38)48(58)54-65(61,62)39-12-14-43(45(28-39)57(59)60)53-32-50(63-4)18-15-34(3)16-19-50/h5-6,8-9,11-14,17,22,26-28,31,33-34,37,44,53H,7,10,15-16,18-21,23-25,29-30,32H2,1-4H3,(H,51,52)(H,54,58). The van der Waals surface area contributed by atoms with Gasteiger partial charge in [0.25, 0.3) is 21.6 Å². The number of pyridine rings is 1. The largest absolute Gasteiger partial charge is 0.455 e. The summed E-state index contributed by atoms with van der Waals surface area (Å²) in [6, 6.07) is 22.5. The number of rotatable bonds is 14. The zero-order valence-corrected chi connectivity index (χ0v) is 38.7. The van der Waals surface area contributed by atoms with Crippen molar-refractivity contribution in [3.8, 4) is 11.5 Å². The monoisotopic (exact) mass is 903 g/mol. The van der Waals surface area contributed by atoms with E-state index in [9.17, 15) is 23.3 Å². The van der Waals surface area contributed by atoms with Crippen LogP contribution in [0.1, 0.15) is 118 Å². The highest BCUT2D eigenvalue weighted by Gasteiger charge is 2.50. The summed E-state index contributed by atoms with van der Waals surface area (Å²) in [6.07, 6.45) is 13.9. The van der Waals surface area contributed by atoms with Gasteiger partial charge in [0.2, 0.25) is 0 Å². The number of amides is 1. The van der Waals surface area contributed by atoms with Crippen molar-refractivity contribution in [1.82, 2.24) is 19.6 Å². The summed E-state index contributed by atoms with van der Waals surface area (Å²) in [6.45, 7) is 9.95. The van der Waals surface area contributed by atoms with Crippen molar-refractivity contribution in [1.29, 1.82) is 0 Å². The number of nitro groups is 1. The number of hydrogen-bond donors (Lipinski definition) is 3. The quantitative estimate of drug-likeness (QED) is 0.0715. The fourth-order valence-corrected chi connectivity index (χ4v) is 12.0. The van der Waals surface area contributed by atoms with E-state index in [-0.39, 0.29) is 17.0 Å². The third-order valence-corrected chi connectivity index (χ3v) is 16.3. The third-order valence-electron chi connectivity index (χ3n) is 15.0. The first-order valence-electron chi connectivity index (χ1n) is 23.2. The van der Waals surface area contributed by atoms with E-state index in [0.717, 1.165) is 75.3 Å². The number of likely N-dealkylation sites (tertiary alicyclic amines) is 1. The molecular weight excluding hydrogens is 843 g/mol. The summed E-state index contributed by atoms with van der Waals surface area (Å²) in [5.74, 6) is 0.671. The lowest BCUT2D eigenvalue weighted by Crippen LogP contribution is -2.54.